The summed E-state index contributed by atoms with van der Waals surface area (Å²) in [6.07, 6.45) is 2.96. The molecule has 1 atom stereocenters. The second kappa shape index (κ2) is 11.8. The SMILES string of the molecule is CCCCn1c(SCC(=O)Nc2ccc(OC(F)F)cc2)nnc1C(CC)N(C)C. The van der Waals surface area contributed by atoms with Crippen molar-refractivity contribution in [2.75, 3.05) is 25.2 Å². The van der Waals surface area contributed by atoms with Gasteiger partial charge in [-0.05, 0) is 51.2 Å². The van der Waals surface area contributed by atoms with E-state index < -0.39 is 6.61 Å². The van der Waals surface area contributed by atoms with Crippen LogP contribution in [-0.2, 0) is 11.3 Å². The van der Waals surface area contributed by atoms with Crippen LogP contribution in [0.2, 0.25) is 0 Å². The molecule has 1 N–H and O–H groups in total. The molecule has 1 heterocycles. The normalized spacial score (nSPS) is 12.4. The summed E-state index contributed by atoms with van der Waals surface area (Å²) < 4.78 is 30.8. The average molecular weight is 442 g/mol. The lowest BCUT2D eigenvalue weighted by atomic mass is 10.2. The van der Waals surface area contributed by atoms with Crippen LogP contribution in [0.15, 0.2) is 29.4 Å². The Morgan fingerprint density at radius 2 is 1.93 bits per heavy atom. The number of nitrogens with zero attached hydrogens (tertiary/aromatic N) is 4. The molecule has 10 heteroatoms. The first-order valence-corrected chi connectivity index (χ1v) is 10.9. The molecule has 1 amide bonds. The number of unbranched alkanes of at least 4 members (excludes halogenated alkanes) is 1. The highest BCUT2D eigenvalue weighted by Crippen LogP contribution is 2.26. The molecule has 7 nitrogen and oxygen atoms in total. The zero-order valence-electron chi connectivity index (χ0n) is 17.8. The van der Waals surface area contributed by atoms with Gasteiger partial charge in [-0.15, -0.1) is 10.2 Å². The fourth-order valence-electron chi connectivity index (χ4n) is 3.01. The van der Waals surface area contributed by atoms with E-state index in [9.17, 15) is 13.6 Å². The van der Waals surface area contributed by atoms with Gasteiger partial charge >= 0.3 is 6.61 Å². The van der Waals surface area contributed by atoms with E-state index in [2.05, 4.69) is 43.6 Å². The molecule has 0 saturated heterocycles. The zero-order valence-corrected chi connectivity index (χ0v) is 18.6. The lowest BCUT2D eigenvalue weighted by molar-refractivity contribution is -0.113. The summed E-state index contributed by atoms with van der Waals surface area (Å²) in [5.41, 5.74) is 0.508. The maximum Gasteiger partial charge on any atom is 0.387 e. The van der Waals surface area contributed by atoms with Gasteiger partial charge in [0.05, 0.1) is 11.8 Å². The van der Waals surface area contributed by atoms with E-state index in [0.717, 1.165) is 36.8 Å². The summed E-state index contributed by atoms with van der Waals surface area (Å²) in [7, 11) is 4.04. The summed E-state index contributed by atoms with van der Waals surface area (Å²) in [6, 6.07) is 5.96. The molecule has 30 heavy (non-hydrogen) atoms. The summed E-state index contributed by atoms with van der Waals surface area (Å²) in [5, 5.41) is 12.2. The van der Waals surface area contributed by atoms with Crippen molar-refractivity contribution in [2.45, 2.75) is 57.5 Å². The fraction of sp³-hybridized carbons (Fsp3) is 0.550. The Morgan fingerprint density at radius 3 is 2.50 bits per heavy atom. The number of carbonyl (C=O) groups is 1. The van der Waals surface area contributed by atoms with Crippen molar-refractivity contribution >= 4 is 23.4 Å². The van der Waals surface area contributed by atoms with Crippen LogP contribution in [0.3, 0.4) is 0 Å². The first-order valence-electron chi connectivity index (χ1n) is 9.92. The number of hydrogen-bond donors (Lipinski definition) is 1. The maximum atomic E-state index is 12.3. The standard InChI is InChI=1S/C20H29F2N5O2S/c1-5-7-12-27-18(16(6-2)26(3)4)24-25-20(27)30-13-17(28)23-14-8-10-15(11-9-14)29-19(21)22/h8-11,16,19H,5-7,12-13H2,1-4H3,(H,23,28). The van der Waals surface area contributed by atoms with E-state index in [-0.39, 0.29) is 23.5 Å². The molecule has 0 saturated carbocycles. The monoisotopic (exact) mass is 441 g/mol. The van der Waals surface area contributed by atoms with Crippen molar-refractivity contribution in [1.29, 1.82) is 0 Å². The van der Waals surface area contributed by atoms with E-state index in [0.29, 0.717) is 5.69 Å². The van der Waals surface area contributed by atoms with Gasteiger partial charge in [-0.25, -0.2) is 0 Å². The topological polar surface area (TPSA) is 72.3 Å². The Morgan fingerprint density at radius 1 is 1.23 bits per heavy atom. The van der Waals surface area contributed by atoms with Crippen LogP contribution < -0.4 is 10.1 Å². The maximum absolute atomic E-state index is 12.3. The van der Waals surface area contributed by atoms with Gasteiger partial charge in [0.15, 0.2) is 11.0 Å². The van der Waals surface area contributed by atoms with Crippen LogP contribution >= 0.6 is 11.8 Å². The third-order valence-corrected chi connectivity index (χ3v) is 5.45. The number of amides is 1. The molecule has 2 rings (SSSR count). The molecule has 2 aromatic rings. The van der Waals surface area contributed by atoms with Gasteiger partial charge in [0.2, 0.25) is 5.91 Å². The molecule has 0 aliphatic rings. The second-order valence-corrected chi connectivity index (χ2v) is 7.92. The van der Waals surface area contributed by atoms with Gasteiger partial charge in [0.25, 0.3) is 0 Å². The van der Waals surface area contributed by atoms with E-state index in [1.807, 2.05) is 14.1 Å². The van der Waals surface area contributed by atoms with Gasteiger partial charge < -0.3 is 14.6 Å². The Labute approximate surface area is 180 Å². The Kier molecular flexibility index (Phi) is 9.51. The predicted octanol–water partition coefficient (Wildman–Crippen LogP) is 4.42. The number of benzene rings is 1. The molecule has 166 valence electrons. The number of aromatic nitrogens is 3. The van der Waals surface area contributed by atoms with Crippen molar-refractivity contribution in [1.82, 2.24) is 19.7 Å². The third-order valence-electron chi connectivity index (χ3n) is 4.48. The number of anilines is 1. The van der Waals surface area contributed by atoms with E-state index in [1.165, 1.54) is 36.0 Å². The van der Waals surface area contributed by atoms with Crippen molar-refractivity contribution in [3.63, 3.8) is 0 Å². The first-order chi connectivity index (χ1) is 14.3. The van der Waals surface area contributed by atoms with Crippen LogP contribution in [0, 0.1) is 0 Å². The smallest absolute Gasteiger partial charge is 0.387 e. The number of thioether (sulfide) groups is 1. The van der Waals surface area contributed by atoms with E-state index >= 15 is 0 Å². The molecule has 0 radical (unpaired) electrons. The highest BCUT2D eigenvalue weighted by atomic mass is 32.2. The molecule has 0 bridgehead atoms. The minimum absolute atomic E-state index is 0.0419. The number of hydrogen-bond acceptors (Lipinski definition) is 6. The van der Waals surface area contributed by atoms with E-state index in [1.54, 1.807) is 0 Å². The van der Waals surface area contributed by atoms with Gasteiger partial charge in [0, 0.05) is 12.2 Å². The van der Waals surface area contributed by atoms with Crippen molar-refractivity contribution in [2.24, 2.45) is 0 Å². The minimum atomic E-state index is -2.88. The zero-order chi connectivity index (χ0) is 22.1. The summed E-state index contributed by atoms with van der Waals surface area (Å²) in [4.78, 5) is 14.5. The van der Waals surface area contributed by atoms with Gasteiger partial charge in [0.1, 0.15) is 5.75 Å². The van der Waals surface area contributed by atoms with Gasteiger partial charge in [-0.2, -0.15) is 8.78 Å². The van der Waals surface area contributed by atoms with Crippen LogP contribution in [0.25, 0.3) is 0 Å². The number of nitrogens with one attached hydrogen (secondary N) is 1. The summed E-state index contributed by atoms with van der Waals surface area (Å²) in [5.74, 6) is 0.903. The minimum Gasteiger partial charge on any atom is -0.435 e. The molecule has 0 fully saturated rings. The average Bonchev–Trinajstić information content (AvgIpc) is 3.08. The van der Waals surface area contributed by atoms with Crippen molar-refractivity contribution in [3.8, 4) is 5.75 Å². The quantitative estimate of drug-likeness (QED) is 0.492. The molecule has 1 aromatic carbocycles. The molecule has 0 spiro atoms. The highest BCUT2D eigenvalue weighted by molar-refractivity contribution is 7.99. The Bertz CT molecular complexity index is 799. The number of carbonyl (C=O) groups excluding carboxylic acids is 1. The lowest BCUT2D eigenvalue weighted by Crippen LogP contribution is -2.23. The molecule has 1 aromatic heterocycles. The number of ether oxygens (including phenoxy) is 1. The largest absolute Gasteiger partial charge is 0.435 e. The lowest BCUT2D eigenvalue weighted by Gasteiger charge is -2.23. The van der Waals surface area contributed by atoms with Crippen LogP contribution in [-0.4, -0.2) is 52.0 Å². The van der Waals surface area contributed by atoms with Crippen molar-refractivity contribution < 1.29 is 18.3 Å². The number of alkyl halides is 2. The number of rotatable bonds is 12. The second-order valence-electron chi connectivity index (χ2n) is 6.97. The summed E-state index contributed by atoms with van der Waals surface area (Å²) in [6.45, 7) is 2.17. The summed E-state index contributed by atoms with van der Waals surface area (Å²) >= 11 is 1.33. The molecular weight excluding hydrogens is 412 g/mol. The predicted molar refractivity (Wildman–Crippen MR) is 114 cm³/mol. The van der Waals surface area contributed by atoms with Gasteiger partial charge in [-0.1, -0.05) is 32.0 Å². The number of halogens is 2. The Hall–Kier alpha value is -2.20. The first kappa shape index (κ1) is 24.1. The fourth-order valence-corrected chi connectivity index (χ4v) is 3.78. The Balaban J connectivity index is 2.01. The van der Waals surface area contributed by atoms with Crippen LogP contribution in [0.4, 0.5) is 14.5 Å². The third kappa shape index (κ3) is 6.94. The van der Waals surface area contributed by atoms with E-state index in [4.69, 9.17) is 0 Å². The molecular formula is C20H29F2N5O2S. The van der Waals surface area contributed by atoms with Crippen LogP contribution in [0.1, 0.15) is 45.0 Å². The highest BCUT2D eigenvalue weighted by Gasteiger charge is 2.22. The molecule has 0 aliphatic heterocycles. The van der Waals surface area contributed by atoms with Gasteiger partial charge in [-0.3, -0.25) is 9.69 Å². The van der Waals surface area contributed by atoms with Crippen LogP contribution in [0.5, 0.6) is 5.75 Å². The molecule has 0 aliphatic carbocycles. The van der Waals surface area contributed by atoms with Crippen molar-refractivity contribution in [3.05, 3.63) is 30.1 Å². The molecule has 1 unspecified atom stereocenters.